The van der Waals surface area contributed by atoms with Crippen LogP contribution in [0, 0.1) is 0 Å². The molecule has 0 amide bonds. The lowest BCUT2D eigenvalue weighted by atomic mass is 9.85. The van der Waals surface area contributed by atoms with Crippen LogP contribution in [0.2, 0.25) is 0 Å². The van der Waals surface area contributed by atoms with Crippen LogP contribution in [-0.2, 0) is 14.3 Å². The van der Waals surface area contributed by atoms with Gasteiger partial charge < -0.3 is 32.8 Å². The average molecular weight is 547 g/mol. The van der Waals surface area contributed by atoms with Crippen LogP contribution in [0.25, 0.3) is 22.1 Å². The van der Waals surface area contributed by atoms with E-state index in [-0.39, 0.29) is 18.5 Å². The van der Waals surface area contributed by atoms with E-state index in [0.717, 1.165) is 0 Å². The Morgan fingerprint density at radius 3 is 2.33 bits per heavy atom. The number of carbonyl (C=O) groups is 2. The first-order valence-corrected chi connectivity index (χ1v) is 12.3. The fraction of sp³-hybridized carbons (Fsp3) is 0.233. The fourth-order valence-corrected chi connectivity index (χ4v) is 4.76. The molecule has 0 bridgehead atoms. The zero-order valence-electron chi connectivity index (χ0n) is 22.3. The maximum absolute atomic E-state index is 13.7. The summed E-state index contributed by atoms with van der Waals surface area (Å²) in [6.07, 6.45) is 1.38. The molecule has 0 spiro atoms. The molecule has 1 aromatic heterocycles. The van der Waals surface area contributed by atoms with Gasteiger partial charge in [0.15, 0.2) is 29.6 Å². The number of hydrogen-bond donors (Lipinski definition) is 0. The maximum Gasteiger partial charge on any atom is 0.343 e. The van der Waals surface area contributed by atoms with Crippen molar-refractivity contribution in [3.05, 3.63) is 76.1 Å². The Hall–Kier alpha value is -4.99. The first-order chi connectivity index (χ1) is 19.4. The van der Waals surface area contributed by atoms with Crippen LogP contribution in [0.15, 0.2) is 64.0 Å². The molecule has 0 radical (unpaired) electrons. The van der Waals surface area contributed by atoms with Gasteiger partial charge in [0.1, 0.15) is 17.6 Å². The molecule has 1 unspecified atom stereocenters. The first-order valence-electron chi connectivity index (χ1n) is 12.3. The maximum atomic E-state index is 13.7. The lowest BCUT2D eigenvalue weighted by Gasteiger charge is -2.26. The largest absolute Gasteiger partial charge is 0.493 e. The van der Waals surface area contributed by atoms with Gasteiger partial charge in [0.05, 0.1) is 45.8 Å². The summed E-state index contributed by atoms with van der Waals surface area (Å²) in [7, 11) is 5.79. The van der Waals surface area contributed by atoms with Gasteiger partial charge in [-0.3, -0.25) is 9.59 Å². The van der Waals surface area contributed by atoms with Gasteiger partial charge in [-0.1, -0.05) is 12.1 Å². The second-order valence-electron chi connectivity index (χ2n) is 8.91. The van der Waals surface area contributed by atoms with E-state index >= 15 is 0 Å². The van der Waals surface area contributed by atoms with Crippen molar-refractivity contribution in [1.82, 2.24) is 0 Å². The summed E-state index contributed by atoms with van der Waals surface area (Å²) in [6, 6.07) is 13.5. The number of esters is 2. The Morgan fingerprint density at radius 1 is 0.875 bits per heavy atom. The number of carbonyl (C=O) groups excluding carboxylic acids is 2. The number of rotatable bonds is 8. The van der Waals surface area contributed by atoms with Crippen molar-refractivity contribution < 1.29 is 42.4 Å². The van der Waals surface area contributed by atoms with Crippen LogP contribution in [0.1, 0.15) is 23.5 Å². The predicted octanol–water partition coefficient (Wildman–Crippen LogP) is 4.48. The summed E-state index contributed by atoms with van der Waals surface area (Å²) in [5, 5.41) is 0.324. The Morgan fingerprint density at radius 2 is 1.60 bits per heavy atom. The Labute approximate surface area is 228 Å². The van der Waals surface area contributed by atoms with Crippen molar-refractivity contribution in [3.63, 3.8) is 0 Å². The lowest BCUT2D eigenvalue weighted by Crippen LogP contribution is -2.22. The minimum atomic E-state index is -0.558. The fourth-order valence-electron chi connectivity index (χ4n) is 4.76. The molecular formula is C30H26O10. The van der Waals surface area contributed by atoms with Crippen molar-refractivity contribution in [3.8, 4) is 39.9 Å². The second-order valence-corrected chi connectivity index (χ2v) is 8.91. The molecule has 2 heterocycles. The molecule has 0 saturated heterocycles. The quantitative estimate of drug-likeness (QED) is 0.231. The van der Waals surface area contributed by atoms with Gasteiger partial charge >= 0.3 is 11.9 Å². The summed E-state index contributed by atoms with van der Waals surface area (Å²) in [5.74, 6) is 0.473. The van der Waals surface area contributed by atoms with E-state index in [4.69, 9.17) is 28.1 Å². The number of benzene rings is 3. The third kappa shape index (κ3) is 4.79. The smallest absolute Gasteiger partial charge is 0.343 e. The molecule has 0 aliphatic carbocycles. The number of methoxy groups -OCH3 is 4. The monoisotopic (exact) mass is 546 g/mol. The van der Waals surface area contributed by atoms with E-state index in [1.165, 1.54) is 34.7 Å². The number of hydrogen-bond acceptors (Lipinski definition) is 10. The van der Waals surface area contributed by atoms with E-state index in [1.807, 2.05) is 0 Å². The molecule has 1 atom stereocenters. The van der Waals surface area contributed by atoms with Crippen LogP contribution in [0.4, 0.5) is 0 Å². The zero-order chi connectivity index (χ0) is 28.4. The zero-order valence-corrected chi connectivity index (χ0v) is 22.3. The van der Waals surface area contributed by atoms with E-state index < -0.39 is 17.9 Å². The minimum Gasteiger partial charge on any atom is -0.493 e. The van der Waals surface area contributed by atoms with E-state index in [1.54, 1.807) is 48.5 Å². The molecule has 1 aliphatic heterocycles. The number of fused-ring (bicyclic) bond motifs is 3. The second kappa shape index (κ2) is 11.0. The van der Waals surface area contributed by atoms with Crippen molar-refractivity contribution in [2.24, 2.45) is 0 Å². The number of ether oxygens (including phenoxy) is 6. The van der Waals surface area contributed by atoms with Gasteiger partial charge in [0.25, 0.3) is 0 Å². The first kappa shape index (κ1) is 26.6. The van der Waals surface area contributed by atoms with Crippen molar-refractivity contribution in [1.29, 1.82) is 0 Å². The van der Waals surface area contributed by atoms with Gasteiger partial charge in [-0.05, 0) is 47.5 Å². The third-order valence-corrected chi connectivity index (χ3v) is 6.74. The summed E-state index contributed by atoms with van der Waals surface area (Å²) >= 11 is 0. The standard InChI is InChI=1S/C30H26O10/c1-34-21-8-6-17(11-24(21)36-3)20-14-39-30-18(29(20)33)7-10-23-28(30)19(13-26(31)40-23)16-5-9-22(35-2)25(12-16)38-15-27(32)37-4/h5-12,14,19H,13,15H2,1-4H3. The van der Waals surface area contributed by atoms with Crippen molar-refractivity contribution in [2.75, 3.05) is 35.0 Å². The van der Waals surface area contributed by atoms with Crippen molar-refractivity contribution >= 4 is 22.9 Å². The SMILES string of the molecule is COC(=O)COc1cc(C2CC(=O)Oc3ccc4c(=O)c(-c5ccc(OC)c(OC)c5)coc4c32)ccc1OC. The van der Waals surface area contributed by atoms with Gasteiger partial charge in [0, 0.05) is 11.5 Å². The Balaban J connectivity index is 1.62. The van der Waals surface area contributed by atoms with Gasteiger partial charge in [0.2, 0.25) is 5.43 Å². The Bertz CT molecular complexity index is 1670. The topological polar surface area (TPSA) is 120 Å². The van der Waals surface area contributed by atoms with Crippen LogP contribution >= 0.6 is 0 Å². The van der Waals surface area contributed by atoms with Gasteiger partial charge in [-0.25, -0.2) is 4.79 Å². The molecule has 0 N–H and O–H groups in total. The molecule has 206 valence electrons. The third-order valence-electron chi connectivity index (χ3n) is 6.74. The Kier molecular flexibility index (Phi) is 7.33. The van der Waals surface area contributed by atoms with E-state index in [0.29, 0.717) is 62.0 Å². The normalized spacial score (nSPS) is 14.2. The van der Waals surface area contributed by atoms with Crippen LogP contribution < -0.4 is 29.1 Å². The van der Waals surface area contributed by atoms with Gasteiger partial charge in [-0.15, -0.1) is 0 Å². The molecule has 0 fully saturated rings. The molecule has 0 saturated carbocycles. The van der Waals surface area contributed by atoms with E-state index in [2.05, 4.69) is 4.74 Å². The highest BCUT2D eigenvalue weighted by Gasteiger charge is 2.33. The lowest BCUT2D eigenvalue weighted by molar-refractivity contribution is -0.143. The molecule has 5 rings (SSSR count). The highest BCUT2D eigenvalue weighted by atomic mass is 16.6. The van der Waals surface area contributed by atoms with Crippen LogP contribution in [-0.4, -0.2) is 47.0 Å². The summed E-state index contributed by atoms with van der Waals surface area (Å²) in [5.41, 5.74) is 2.20. The molecule has 10 heteroatoms. The summed E-state index contributed by atoms with van der Waals surface area (Å²) in [6.45, 7) is -0.323. The molecule has 40 heavy (non-hydrogen) atoms. The summed E-state index contributed by atoms with van der Waals surface area (Å²) < 4.78 is 37.9. The average Bonchev–Trinajstić information content (AvgIpc) is 2.98. The van der Waals surface area contributed by atoms with E-state index in [9.17, 15) is 14.4 Å². The predicted molar refractivity (Wildman–Crippen MR) is 144 cm³/mol. The van der Waals surface area contributed by atoms with Crippen LogP contribution in [0.3, 0.4) is 0 Å². The van der Waals surface area contributed by atoms with Crippen molar-refractivity contribution in [2.45, 2.75) is 12.3 Å². The minimum absolute atomic E-state index is 0.00394. The van der Waals surface area contributed by atoms with Crippen LogP contribution in [0.5, 0.6) is 28.7 Å². The molecule has 4 aromatic rings. The van der Waals surface area contributed by atoms with Gasteiger partial charge in [-0.2, -0.15) is 0 Å². The highest BCUT2D eigenvalue weighted by Crippen LogP contribution is 2.44. The molecular weight excluding hydrogens is 520 g/mol. The highest BCUT2D eigenvalue weighted by molar-refractivity contribution is 5.90. The molecule has 3 aromatic carbocycles. The molecule has 10 nitrogen and oxygen atoms in total. The molecule has 1 aliphatic rings. The summed E-state index contributed by atoms with van der Waals surface area (Å²) in [4.78, 5) is 37.9.